The van der Waals surface area contributed by atoms with E-state index in [1.165, 1.54) is 18.6 Å². The molecular weight excluding hydrogens is 220 g/mol. The van der Waals surface area contributed by atoms with Crippen molar-refractivity contribution in [2.45, 2.75) is 51.0 Å². The second kappa shape index (κ2) is 6.50. The average molecular weight is 244 g/mol. The third-order valence-corrected chi connectivity index (χ3v) is 4.68. The van der Waals surface area contributed by atoms with Crippen molar-refractivity contribution in [2.75, 3.05) is 11.5 Å². The number of nitrogens with two attached hydrogens (primary N) is 2. The monoisotopic (exact) mass is 244 g/mol. The highest BCUT2D eigenvalue weighted by atomic mass is 32.2. The number of hydrogen-bond donors (Lipinski definition) is 2. The Bertz CT molecular complexity index is 235. The van der Waals surface area contributed by atoms with Crippen LogP contribution in [0.3, 0.4) is 0 Å². The van der Waals surface area contributed by atoms with Crippen molar-refractivity contribution in [3.8, 4) is 0 Å². The molecule has 0 bridgehead atoms. The Morgan fingerprint density at radius 3 is 2.88 bits per heavy atom. The fraction of sp³-hybridized carbons (Fsp3) is 0.917. The Kier molecular flexibility index (Phi) is 5.62. The molecule has 1 saturated carbocycles. The van der Waals surface area contributed by atoms with Crippen molar-refractivity contribution in [1.82, 2.24) is 0 Å². The van der Waals surface area contributed by atoms with Crippen LogP contribution in [-0.2, 0) is 4.79 Å². The third-order valence-electron chi connectivity index (χ3n) is 3.58. The highest BCUT2D eigenvalue weighted by Gasteiger charge is 2.43. The van der Waals surface area contributed by atoms with E-state index in [9.17, 15) is 4.79 Å². The van der Waals surface area contributed by atoms with E-state index in [4.69, 9.17) is 11.5 Å². The van der Waals surface area contributed by atoms with Crippen LogP contribution in [0.15, 0.2) is 0 Å². The van der Waals surface area contributed by atoms with Crippen LogP contribution in [0.4, 0.5) is 0 Å². The van der Waals surface area contributed by atoms with Gasteiger partial charge in [0.1, 0.15) is 0 Å². The minimum Gasteiger partial charge on any atom is -0.368 e. The topological polar surface area (TPSA) is 69.1 Å². The molecule has 3 nitrogen and oxygen atoms in total. The molecule has 16 heavy (non-hydrogen) atoms. The molecule has 4 heteroatoms. The first kappa shape index (κ1) is 13.8. The summed E-state index contributed by atoms with van der Waals surface area (Å²) in [7, 11) is 0. The van der Waals surface area contributed by atoms with Gasteiger partial charge < -0.3 is 11.5 Å². The molecular formula is C12H24N2OS. The smallest absolute Gasteiger partial charge is 0.237 e. The minimum absolute atomic E-state index is 0.305. The Morgan fingerprint density at radius 1 is 1.50 bits per heavy atom. The Balaban J connectivity index is 2.28. The number of rotatable bonds is 7. The van der Waals surface area contributed by atoms with Gasteiger partial charge in [0.05, 0.1) is 5.54 Å². The van der Waals surface area contributed by atoms with Crippen molar-refractivity contribution in [3.05, 3.63) is 0 Å². The normalized spacial score (nSPS) is 29.5. The maximum absolute atomic E-state index is 11.4. The first-order chi connectivity index (χ1) is 7.61. The summed E-state index contributed by atoms with van der Waals surface area (Å²) < 4.78 is 0. The lowest BCUT2D eigenvalue weighted by atomic mass is 9.85. The number of hydrogen-bond acceptors (Lipinski definition) is 3. The van der Waals surface area contributed by atoms with E-state index in [1.54, 1.807) is 0 Å². The Hall–Kier alpha value is -0.220. The molecule has 1 amide bonds. The molecule has 0 heterocycles. The van der Waals surface area contributed by atoms with Gasteiger partial charge in [-0.05, 0) is 43.1 Å². The molecule has 0 aromatic heterocycles. The number of amides is 1. The van der Waals surface area contributed by atoms with Crippen LogP contribution in [-0.4, -0.2) is 23.0 Å². The van der Waals surface area contributed by atoms with Crippen LogP contribution in [0.25, 0.3) is 0 Å². The number of thioether (sulfide) groups is 1. The average Bonchev–Trinajstić information content (AvgIpc) is 2.61. The molecule has 0 radical (unpaired) electrons. The van der Waals surface area contributed by atoms with Crippen LogP contribution in [0, 0.1) is 5.92 Å². The van der Waals surface area contributed by atoms with E-state index in [1.807, 2.05) is 11.8 Å². The molecule has 4 N–H and O–H groups in total. The fourth-order valence-electron chi connectivity index (χ4n) is 2.40. The maximum atomic E-state index is 11.4. The molecule has 1 fully saturated rings. The first-order valence-electron chi connectivity index (χ1n) is 6.27. The van der Waals surface area contributed by atoms with Crippen molar-refractivity contribution < 1.29 is 4.79 Å². The van der Waals surface area contributed by atoms with Crippen molar-refractivity contribution in [3.63, 3.8) is 0 Å². The van der Waals surface area contributed by atoms with Crippen LogP contribution in [0.2, 0.25) is 0 Å². The van der Waals surface area contributed by atoms with Crippen LogP contribution in [0.1, 0.15) is 45.4 Å². The SMILES string of the molecule is CCCCSCCC1CCCC1(N)C(N)=O. The summed E-state index contributed by atoms with van der Waals surface area (Å²) in [6, 6.07) is 0. The summed E-state index contributed by atoms with van der Waals surface area (Å²) in [5.74, 6) is 2.32. The van der Waals surface area contributed by atoms with Gasteiger partial charge in [-0.3, -0.25) is 4.79 Å². The van der Waals surface area contributed by atoms with Gasteiger partial charge in [0.15, 0.2) is 0 Å². The van der Waals surface area contributed by atoms with E-state index in [0.29, 0.717) is 5.92 Å². The quantitative estimate of drug-likeness (QED) is 0.672. The van der Waals surface area contributed by atoms with Gasteiger partial charge in [0.25, 0.3) is 0 Å². The zero-order valence-electron chi connectivity index (χ0n) is 10.2. The second-order valence-corrected chi connectivity index (χ2v) is 5.97. The molecule has 0 aliphatic heterocycles. The fourth-order valence-corrected chi connectivity index (χ4v) is 3.55. The van der Waals surface area contributed by atoms with E-state index in [-0.39, 0.29) is 5.91 Å². The lowest BCUT2D eigenvalue weighted by molar-refractivity contribution is -0.124. The summed E-state index contributed by atoms with van der Waals surface area (Å²) in [5.41, 5.74) is 10.8. The molecule has 1 rings (SSSR count). The lowest BCUT2D eigenvalue weighted by Crippen LogP contribution is -2.54. The molecule has 2 atom stereocenters. The second-order valence-electron chi connectivity index (χ2n) is 4.75. The van der Waals surface area contributed by atoms with Gasteiger partial charge in [-0.15, -0.1) is 0 Å². The standard InChI is InChI=1S/C12H24N2OS/c1-2-3-8-16-9-6-10-5-4-7-12(10,14)11(13)15/h10H,2-9,14H2,1H3,(H2,13,15). The lowest BCUT2D eigenvalue weighted by Gasteiger charge is -2.27. The highest BCUT2D eigenvalue weighted by Crippen LogP contribution is 2.36. The van der Waals surface area contributed by atoms with E-state index < -0.39 is 5.54 Å². The predicted octanol–water partition coefficient (Wildman–Crippen LogP) is 1.89. The Morgan fingerprint density at radius 2 is 2.25 bits per heavy atom. The van der Waals surface area contributed by atoms with E-state index >= 15 is 0 Å². The maximum Gasteiger partial charge on any atom is 0.237 e. The number of unbranched alkanes of at least 4 members (excludes halogenated alkanes) is 1. The van der Waals surface area contributed by atoms with E-state index in [0.717, 1.165) is 31.4 Å². The van der Waals surface area contributed by atoms with Gasteiger partial charge in [-0.2, -0.15) is 11.8 Å². The number of primary amides is 1. The first-order valence-corrected chi connectivity index (χ1v) is 7.43. The molecule has 0 saturated heterocycles. The molecule has 0 spiro atoms. The third kappa shape index (κ3) is 3.39. The van der Waals surface area contributed by atoms with Crippen molar-refractivity contribution in [1.29, 1.82) is 0 Å². The van der Waals surface area contributed by atoms with Gasteiger partial charge in [0.2, 0.25) is 5.91 Å². The van der Waals surface area contributed by atoms with Gasteiger partial charge in [-0.1, -0.05) is 19.8 Å². The van der Waals surface area contributed by atoms with E-state index in [2.05, 4.69) is 6.92 Å². The molecule has 94 valence electrons. The zero-order chi connectivity index (χ0) is 12.0. The molecule has 1 aliphatic carbocycles. The van der Waals surface area contributed by atoms with Gasteiger partial charge >= 0.3 is 0 Å². The number of carbonyl (C=O) groups is 1. The van der Waals surface area contributed by atoms with Gasteiger partial charge in [-0.25, -0.2) is 0 Å². The van der Waals surface area contributed by atoms with Crippen LogP contribution >= 0.6 is 11.8 Å². The summed E-state index contributed by atoms with van der Waals surface area (Å²) in [6.07, 6.45) is 6.44. The molecule has 0 aromatic rings. The van der Waals surface area contributed by atoms with Gasteiger partial charge in [0, 0.05) is 0 Å². The summed E-state index contributed by atoms with van der Waals surface area (Å²) in [6.45, 7) is 2.20. The summed E-state index contributed by atoms with van der Waals surface area (Å²) in [4.78, 5) is 11.4. The van der Waals surface area contributed by atoms with Crippen molar-refractivity contribution in [2.24, 2.45) is 17.4 Å². The van der Waals surface area contributed by atoms with Crippen LogP contribution < -0.4 is 11.5 Å². The predicted molar refractivity (Wildman–Crippen MR) is 70.3 cm³/mol. The molecule has 0 aromatic carbocycles. The summed E-state index contributed by atoms with van der Waals surface area (Å²) in [5, 5.41) is 0. The van der Waals surface area contributed by atoms with Crippen LogP contribution in [0.5, 0.6) is 0 Å². The molecule has 2 unspecified atom stereocenters. The largest absolute Gasteiger partial charge is 0.368 e. The zero-order valence-corrected chi connectivity index (χ0v) is 11.0. The Labute approximate surface area is 103 Å². The highest BCUT2D eigenvalue weighted by molar-refractivity contribution is 7.99. The summed E-state index contributed by atoms with van der Waals surface area (Å²) >= 11 is 1.97. The molecule has 1 aliphatic rings. The minimum atomic E-state index is -0.717. The number of carbonyl (C=O) groups excluding carboxylic acids is 1. The van der Waals surface area contributed by atoms with Crippen molar-refractivity contribution >= 4 is 17.7 Å².